The van der Waals surface area contributed by atoms with E-state index in [1.165, 1.54) is 12.8 Å². The molecule has 2 aromatic rings. The fraction of sp³-hybridized carbons (Fsp3) is 0.550. The van der Waals surface area contributed by atoms with Gasteiger partial charge in [-0.05, 0) is 62.4 Å². The van der Waals surface area contributed by atoms with Crippen LogP contribution in [0.25, 0.3) is 0 Å². The lowest BCUT2D eigenvalue weighted by Crippen LogP contribution is -2.58. The number of likely N-dealkylation sites (tertiary alicyclic amines) is 1. The van der Waals surface area contributed by atoms with E-state index in [0.717, 1.165) is 43.9 Å². The molecule has 2 fully saturated rings. The highest BCUT2D eigenvalue weighted by Gasteiger charge is 2.50. The number of aromatic nitrogens is 1. The first kappa shape index (κ1) is 16.5. The Balaban J connectivity index is 1.37. The van der Waals surface area contributed by atoms with Gasteiger partial charge in [0.05, 0.1) is 12.8 Å². The van der Waals surface area contributed by atoms with Gasteiger partial charge in [-0.2, -0.15) is 0 Å². The van der Waals surface area contributed by atoms with Gasteiger partial charge < -0.3 is 13.9 Å². The third-order valence-corrected chi connectivity index (χ3v) is 6.35. The van der Waals surface area contributed by atoms with Crippen LogP contribution < -0.4 is 0 Å². The summed E-state index contributed by atoms with van der Waals surface area (Å²) < 4.78 is 7.42. The molecule has 3 heterocycles. The maximum absolute atomic E-state index is 12.7. The maximum atomic E-state index is 12.7. The molecular formula is C20H27N3O2. The van der Waals surface area contributed by atoms with Gasteiger partial charge in [-0.25, -0.2) is 0 Å². The molecule has 1 amide bonds. The van der Waals surface area contributed by atoms with Crippen molar-refractivity contribution in [1.29, 1.82) is 0 Å². The van der Waals surface area contributed by atoms with Crippen molar-refractivity contribution < 1.29 is 9.21 Å². The summed E-state index contributed by atoms with van der Waals surface area (Å²) in [4.78, 5) is 17.2. The van der Waals surface area contributed by atoms with Gasteiger partial charge in [-0.3, -0.25) is 9.69 Å². The number of piperidine rings is 1. The van der Waals surface area contributed by atoms with Gasteiger partial charge in [0, 0.05) is 32.4 Å². The Kier molecular flexibility index (Phi) is 4.20. The minimum atomic E-state index is 0.169. The Morgan fingerprint density at radius 2 is 2.08 bits per heavy atom. The number of nitrogens with zero attached hydrogens (tertiary/aromatic N) is 3. The Morgan fingerprint density at radius 1 is 1.28 bits per heavy atom. The van der Waals surface area contributed by atoms with Gasteiger partial charge in [-0.1, -0.05) is 0 Å². The summed E-state index contributed by atoms with van der Waals surface area (Å²) in [7, 11) is 4.14. The van der Waals surface area contributed by atoms with Crippen molar-refractivity contribution in [2.24, 2.45) is 12.5 Å². The van der Waals surface area contributed by atoms with Crippen molar-refractivity contribution in [3.63, 3.8) is 0 Å². The monoisotopic (exact) mass is 341 g/mol. The highest BCUT2D eigenvalue weighted by atomic mass is 16.3. The smallest absolute Gasteiger partial charge is 0.270 e. The SMILES string of the molecule is CN(Cc1ccco1)[C@@H]1CCC12CCN(C(=O)c1cccn1C)CC2. The quantitative estimate of drug-likeness (QED) is 0.858. The molecule has 2 aliphatic rings. The lowest BCUT2D eigenvalue weighted by molar-refractivity contribution is -0.0591. The molecular weight excluding hydrogens is 314 g/mol. The average Bonchev–Trinajstić information content (AvgIpc) is 3.25. The second-order valence-corrected chi connectivity index (χ2v) is 7.71. The van der Waals surface area contributed by atoms with E-state index < -0.39 is 0 Å². The van der Waals surface area contributed by atoms with E-state index >= 15 is 0 Å². The van der Waals surface area contributed by atoms with Gasteiger partial charge in [0.2, 0.25) is 0 Å². The molecule has 1 saturated heterocycles. The predicted octanol–water partition coefficient (Wildman–Crippen LogP) is 3.13. The van der Waals surface area contributed by atoms with Crippen molar-refractivity contribution in [2.75, 3.05) is 20.1 Å². The fourth-order valence-corrected chi connectivity index (χ4v) is 4.71. The number of carbonyl (C=O) groups excluding carboxylic acids is 1. The molecule has 0 unspecified atom stereocenters. The number of aryl methyl sites for hydroxylation is 1. The number of amides is 1. The minimum Gasteiger partial charge on any atom is -0.468 e. The summed E-state index contributed by atoms with van der Waals surface area (Å²) >= 11 is 0. The van der Waals surface area contributed by atoms with Crippen LogP contribution in [0.1, 0.15) is 41.9 Å². The number of rotatable bonds is 4. The molecule has 0 radical (unpaired) electrons. The molecule has 0 aromatic carbocycles. The van der Waals surface area contributed by atoms with Crippen LogP contribution in [-0.2, 0) is 13.6 Å². The zero-order valence-corrected chi connectivity index (χ0v) is 15.1. The lowest BCUT2D eigenvalue weighted by Gasteiger charge is -2.56. The van der Waals surface area contributed by atoms with E-state index in [0.29, 0.717) is 11.5 Å². The molecule has 1 atom stereocenters. The van der Waals surface area contributed by atoms with Gasteiger partial charge in [0.25, 0.3) is 5.91 Å². The van der Waals surface area contributed by atoms with Gasteiger partial charge in [0.15, 0.2) is 0 Å². The average molecular weight is 341 g/mol. The summed E-state index contributed by atoms with van der Waals surface area (Å²) in [5.74, 6) is 1.20. The van der Waals surface area contributed by atoms with Crippen molar-refractivity contribution in [3.05, 3.63) is 48.2 Å². The second-order valence-electron chi connectivity index (χ2n) is 7.71. The molecule has 1 saturated carbocycles. The van der Waals surface area contributed by atoms with Gasteiger partial charge >= 0.3 is 0 Å². The van der Waals surface area contributed by atoms with E-state index in [1.807, 2.05) is 47.0 Å². The molecule has 0 N–H and O–H groups in total. The van der Waals surface area contributed by atoms with Crippen molar-refractivity contribution in [1.82, 2.24) is 14.4 Å². The molecule has 1 aliphatic heterocycles. The first-order chi connectivity index (χ1) is 12.1. The number of carbonyl (C=O) groups is 1. The van der Waals surface area contributed by atoms with Crippen LogP contribution in [0.3, 0.4) is 0 Å². The summed E-state index contributed by atoms with van der Waals surface area (Å²) in [5.41, 5.74) is 1.17. The zero-order valence-electron chi connectivity index (χ0n) is 15.1. The Hall–Kier alpha value is -2.01. The topological polar surface area (TPSA) is 41.6 Å². The van der Waals surface area contributed by atoms with Crippen LogP contribution >= 0.6 is 0 Å². The van der Waals surface area contributed by atoms with Crippen molar-refractivity contribution in [3.8, 4) is 0 Å². The molecule has 1 aliphatic carbocycles. The van der Waals surface area contributed by atoms with Crippen LogP contribution in [0.2, 0.25) is 0 Å². The Morgan fingerprint density at radius 3 is 2.64 bits per heavy atom. The van der Waals surface area contributed by atoms with Crippen LogP contribution in [0.5, 0.6) is 0 Å². The summed E-state index contributed by atoms with van der Waals surface area (Å²) in [6.07, 6.45) is 8.43. The molecule has 0 bridgehead atoms. The van der Waals surface area contributed by atoms with Crippen LogP contribution in [0.4, 0.5) is 0 Å². The first-order valence-electron chi connectivity index (χ1n) is 9.22. The van der Waals surface area contributed by atoms with Gasteiger partial charge in [0.1, 0.15) is 11.5 Å². The van der Waals surface area contributed by atoms with Gasteiger partial charge in [-0.15, -0.1) is 0 Å². The molecule has 5 heteroatoms. The third kappa shape index (κ3) is 2.91. The first-order valence-corrected chi connectivity index (χ1v) is 9.22. The third-order valence-electron chi connectivity index (χ3n) is 6.35. The summed E-state index contributed by atoms with van der Waals surface area (Å²) in [6.45, 7) is 2.61. The number of hydrogen-bond donors (Lipinski definition) is 0. The highest BCUT2D eigenvalue weighted by Crippen LogP contribution is 2.51. The molecule has 25 heavy (non-hydrogen) atoms. The van der Waals surface area contributed by atoms with Crippen LogP contribution in [0.15, 0.2) is 41.1 Å². The minimum absolute atomic E-state index is 0.169. The van der Waals surface area contributed by atoms with Crippen LogP contribution in [-0.4, -0.2) is 46.5 Å². The zero-order chi connectivity index (χ0) is 17.4. The molecule has 2 aromatic heterocycles. The van der Waals surface area contributed by atoms with E-state index in [1.54, 1.807) is 6.26 Å². The maximum Gasteiger partial charge on any atom is 0.270 e. The van der Waals surface area contributed by atoms with Crippen LogP contribution in [0, 0.1) is 5.41 Å². The van der Waals surface area contributed by atoms with E-state index in [2.05, 4.69) is 11.9 Å². The highest BCUT2D eigenvalue weighted by molar-refractivity contribution is 5.92. The van der Waals surface area contributed by atoms with Crippen molar-refractivity contribution >= 4 is 5.91 Å². The molecule has 134 valence electrons. The summed E-state index contributed by atoms with van der Waals surface area (Å²) in [6, 6.07) is 8.45. The standard InChI is InChI=1S/C20H27N3O2/c1-21-11-3-6-17(21)19(24)23-12-9-20(10-13-23)8-7-18(20)22(2)15-16-5-4-14-25-16/h3-6,11,14,18H,7-10,12-13,15H2,1-2H3/t18-/m1/s1. The Bertz CT molecular complexity index is 726. The van der Waals surface area contributed by atoms with E-state index in [-0.39, 0.29) is 5.91 Å². The second kappa shape index (κ2) is 6.37. The molecule has 4 rings (SSSR count). The lowest BCUT2D eigenvalue weighted by atomic mass is 9.58. The Labute approximate surface area is 149 Å². The largest absolute Gasteiger partial charge is 0.468 e. The fourth-order valence-electron chi connectivity index (χ4n) is 4.71. The molecule has 5 nitrogen and oxygen atoms in total. The van der Waals surface area contributed by atoms with E-state index in [4.69, 9.17) is 4.42 Å². The normalized spacial score (nSPS) is 22.4. The van der Waals surface area contributed by atoms with Crippen molar-refractivity contribution in [2.45, 2.75) is 38.3 Å². The van der Waals surface area contributed by atoms with E-state index in [9.17, 15) is 4.79 Å². The number of hydrogen-bond acceptors (Lipinski definition) is 3. The molecule has 1 spiro atoms. The predicted molar refractivity (Wildman–Crippen MR) is 96.2 cm³/mol. The number of furan rings is 1. The summed E-state index contributed by atoms with van der Waals surface area (Å²) in [5, 5.41) is 0.